The molecule has 0 saturated carbocycles. The van der Waals surface area contributed by atoms with Gasteiger partial charge in [0, 0.05) is 11.3 Å². The van der Waals surface area contributed by atoms with E-state index in [1.807, 2.05) is 42.5 Å². The summed E-state index contributed by atoms with van der Waals surface area (Å²) in [6, 6.07) is 20.1. The molecule has 122 valence electrons. The molecule has 3 aromatic rings. The standard InChI is InChI=1S/C20H14ClN3O/c1-13-17(9-10-19(23-13)14-5-3-2-4-6-14)20(25)24-16-8-7-15(12-22)18(21)11-16/h2-11H,1H3,(H,24,25). The van der Waals surface area contributed by atoms with Gasteiger partial charge in [-0.05, 0) is 37.3 Å². The molecule has 1 aromatic heterocycles. The number of hydrogen-bond acceptors (Lipinski definition) is 3. The number of nitrogens with zero attached hydrogens (tertiary/aromatic N) is 2. The van der Waals surface area contributed by atoms with Gasteiger partial charge in [-0.2, -0.15) is 5.26 Å². The third-order valence-corrected chi connectivity index (χ3v) is 4.06. The number of nitrogens with one attached hydrogen (secondary N) is 1. The molecule has 0 fully saturated rings. The molecule has 0 unspecified atom stereocenters. The van der Waals surface area contributed by atoms with Crippen LogP contribution in [0.4, 0.5) is 5.69 Å². The van der Waals surface area contributed by atoms with Crippen molar-refractivity contribution in [2.45, 2.75) is 6.92 Å². The fourth-order valence-electron chi connectivity index (χ4n) is 2.45. The zero-order valence-corrected chi connectivity index (χ0v) is 14.2. The van der Waals surface area contributed by atoms with Crippen LogP contribution in [-0.4, -0.2) is 10.9 Å². The Hall–Kier alpha value is -3.16. The highest BCUT2D eigenvalue weighted by Gasteiger charge is 2.12. The van der Waals surface area contributed by atoms with E-state index >= 15 is 0 Å². The molecule has 0 aliphatic rings. The molecule has 0 radical (unpaired) electrons. The highest BCUT2D eigenvalue weighted by atomic mass is 35.5. The molecule has 2 aromatic carbocycles. The molecular weight excluding hydrogens is 334 g/mol. The number of carbonyl (C=O) groups is 1. The molecule has 0 aliphatic heterocycles. The van der Waals surface area contributed by atoms with E-state index in [1.54, 1.807) is 31.2 Å². The van der Waals surface area contributed by atoms with Crippen LogP contribution in [0.25, 0.3) is 11.3 Å². The summed E-state index contributed by atoms with van der Waals surface area (Å²) in [5.41, 5.74) is 3.83. The molecule has 0 bridgehead atoms. The zero-order valence-electron chi connectivity index (χ0n) is 13.5. The van der Waals surface area contributed by atoms with E-state index in [0.29, 0.717) is 27.5 Å². The number of carbonyl (C=O) groups excluding carboxylic acids is 1. The van der Waals surface area contributed by atoms with Crippen molar-refractivity contribution < 1.29 is 4.79 Å². The van der Waals surface area contributed by atoms with Gasteiger partial charge in [-0.25, -0.2) is 0 Å². The van der Waals surface area contributed by atoms with Crippen molar-refractivity contribution in [2.24, 2.45) is 0 Å². The quantitative estimate of drug-likeness (QED) is 0.737. The highest BCUT2D eigenvalue weighted by Crippen LogP contribution is 2.22. The third-order valence-electron chi connectivity index (χ3n) is 3.75. The van der Waals surface area contributed by atoms with Gasteiger partial charge < -0.3 is 5.32 Å². The van der Waals surface area contributed by atoms with Crippen LogP contribution in [-0.2, 0) is 0 Å². The average Bonchev–Trinajstić information content (AvgIpc) is 2.62. The Bertz CT molecular complexity index is 978. The van der Waals surface area contributed by atoms with Gasteiger partial charge in [-0.3, -0.25) is 9.78 Å². The van der Waals surface area contributed by atoms with Gasteiger partial charge in [-0.1, -0.05) is 41.9 Å². The monoisotopic (exact) mass is 347 g/mol. The summed E-state index contributed by atoms with van der Waals surface area (Å²) in [6.45, 7) is 1.80. The number of nitriles is 1. The second-order valence-electron chi connectivity index (χ2n) is 5.46. The van der Waals surface area contributed by atoms with E-state index in [0.717, 1.165) is 11.3 Å². The maximum absolute atomic E-state index is 12.5. The topological polar surface area (TPSA) is 65.8 Å². The number of halogens is 1. The van der Waals surface area contributed by atoms with Crippen LogP contribution >= 0.6 is 11.6 Å². The predicted octanol–water partition coefficient (Wildman–Crippen LogP) is 4.83. The van der Waals surface area contributed by atoms with Gasteiger partial charge >= 0.3 is 0 Å². The summed E-state index contributed by atoms with van der Waals surface area (Å²) in [5, 5.41) is 12.0. The fraction of sp³-hybridized carbons (Fsp3) is 0.0500. The molecule has 1 N–H and O–H groups in total. The van der Waals surface area contributed by atoms with E-state index < -0.39 is 0 Å². The van der Waals surface area contributed by atoms with Crippen molar-refractivity contribution in [3.8, 4) is 17.3 Å². The Balaban J connectivity index is 1.83. The summed E-state index contributed by atoms with van der Waals surface area (Å²) < 4.78 is 0. The van der Waals surface area contributed by atoms with E-state index in [-0.39, 0.29) is 5.91 Å². The summed E-state index contributed by atoms with van der Waals surface area (Å²) in [4.78, 5) is 17.0. The van der Waals surface area contributed by atoms with E-state index in [1.165, 1.54) is 0 Å². The van der Waals surface area contributed by atoms with Gasteiger partial charge in [0.05, 0.1) is 27.5 Å². The number of pyridine rings is 1. The van der Waals surface area contributed by atoms with E-state index in [4.69, 9.17) is 16.9 Å². The largest absolute Gasteiger partial charge is 0.322 e. The average molecular weight is 348 g/mol. The lowest BCUT2D eigenvalue weighted by Gasteiger charge is -2.09. The lowest BCUT2D eigenvalue weighted by Crippen LogP contribution is -2.14. The van der Waals surface area contributed by atoms with Gasteiger partial charge in [0.1, 0.15) is 6.07 Å². The molecule has 0 atom stereocenters. The van der Waals surface area contributed by atoms with Crippen molar-refractivity contribution >= 4 is 23.2 Å². The molecule has 1 heterocycles. The number of aromatic nitrogens is 1. The second-order valence-corrected chi connectivity index (χ2v) is 5.86. The first-order valence-corrected chi connectivity index (χ1v) is 8.00. The summed E-state index contributed by atoms with van der Waals surface area (Å²) in [5.74, 6) is -0.273. The first kappa shape index (κ1) is 16.7. The number of rotatable bonds is 3. The van der Waals surface area contributed by atoms with E-state index in [2.05, 4.69) is 10.3 Å². The van der Waals surface area contributed by atoms with Gasteiger partial charge in [-0.15, -0.1) is 0 Å². The summed E-state index contributed by atoms with van der Waals surface area (Å²) >= 11 is 5.99. The van der Waals surface area contributed by atoms with Crippen molar-refractivity contribution in [3.63, 3.8) is 0 Å². The molecule has 25 heavy (non-hydrogen) atoms. The van der Waals surface area contributed by atoms with E-state index in [9.17, 15) is 4.79 Å². The Morgan fingerprint density at radius 1 is 1.12 bits per heavy atom. The number of hydrogen-bond donors (Lipinski definition) is 1. The fourth-order valence-corrected chi connectivity index (χ4v) is 2.68. The van der Waals surface area contributed by atoms with Crippen LogP contribution in [0.2, 0.25) is 5.02 Å². The predicted molar refractivity (Wildman–Crippen MR) is 98.5 cm³/mol. The molecule has 4 nitrogen and oxygen atoms in total. The van der Waals surface area contributed by atoms with Crippen molar-refractivity contribution in [1.29, 1.82) is 5.26 Å². The number of benzene rings is 2. The minimum atomic E-state index is -0.273. The molecule has 1 amide bonds. The number of aryl methyl sites for hydroxylation is 1. The Kier molecular flexibility index (Phi) is 4.78. The van der Waals surface area contributed by atoms with Crippen LogP contribution < -0.4 is 5.32 Å². The van der Waals surface area contributed by atoms with Crippen LogP contribution in [0.1, 0.15) is 21.6 Å². The molecule has 0 aliphatic carbocycles. The Morgan fingerprint density at radius 2 is 1.88 bits per heavy atom. The lowest BCUT2D eigenvalue weighted by molar-refractivity contribution is 0.102. The Morgan fingerprint density at radius 3 is 2.52 bits per heavy atom. The molecular formula is C20H14ClN3O. The van der Waals surface area contributed by atoms with Crippen LogP contribution in [0, 0.1) is 18.3 Å². The second kappa shape index (κ2) is 7.16. The maximum atomic E-state index is 12.5. The van der Waals surface area contributed by atoms with Crippen LogP contribution in [0.3, 0.4) is 0 Å². The normalized spacial score (nSPS) is 10.1. The number of anilines is 1. The van der Waals surface area contributed by atoms with Crippen molar-refractivity contribution in [2.75, 3.05) is 5.32 Å². The lowest BCUT2D eigenvalue weighted by atomic mass is 10.1. The molecule has 0 spiro atoms. The molecule has 3 rings (SSSR count). The first-order valence-electron chi connectivity index (χ1n) is 7.62. The highest BCUT2D eigenvalue weighted by molar-refractivity contribution is 6.32. The SMILES string of the molecule is Cc1nc(-c2ccccc2)ccc1C(=O)Nc1ccc(C#N)c(Cl)c1. The van der Waals surface area contributed by atoms with Crippen LogP contribution in [0.5, 0.6) is 0 Å². The van der Waals surface area contributed by atoms with Crippen molar-refractivity contribution in [1.82, 2.24) is 4.98 Å². The minimum Gasteiger partial charge on any atom is -0.322 e. The maximum Gasteiger partial charge on any atom is 0.257 e. The Labute approximate surface area is 150 Å². The van der Waals surface area contributed by atoms with Gasteiger partial charge in [0.15, 0.2) is 0 Å². The molecule has 5 heteroatoms. The van der Waals surface area contributed by atoms with Gasteiger partial charge in [0.2, 0.25) is 0 Å². The zero-order chi connectivity index (χ0) is 17.8. The molecule has 0 saturated heterocycles. The van der Waals surface area contributed by atoms with Crippen molar-refractivity contribution in [3.05, 3.63) is 82.5 Å². The smallest absolute Gasteiger partial charge is 0.257 e. The third kappa shape index (κ3) is 3.68. The van der Waals surface area contributed by atoms with Crippen LogP contribution in [0.15, 0.2) is 60.7 Å². The first-order chi connectivity index (χ1) is 12.1. The summed E-state index contributed by atoms with van der Waals surface area (Å²) in [7, 11) is 0. The minimum absolute atomic E-state index is 0.273. The van der Waals surface area contributed by atoms with Gasteiger partial charge in [0.25, 0.3) is 5.91 Å². The number of amides is 1. The summed E-state index contributed by atoms with van der Waals surface area (Å²) in [6.07, 6.45) is 0.